The summed E-state index contributed by atoms with van der Waals surface area (Å²) in [5, 5.41) is 10.5. The van der Waals surface area contributed by atoms with Crippen LogP contribution in [0.5, 0.6) is 0 Å². The van der Waals surface area contributed by atoms with Gasteiger partial charge >= 0.3 is 5.97 Å². The first kappa shape index (κ1) is 27.3. The molecular formula is C24H46O6. The maximum absolute atomic E-state index is 12.3. The number of carbonyl (C=O) groups is 1. The second kappa shape index (κ2) is 14.4. The van der Waals surface area contributed by atoms with E-state index in [0.29, 0.717) is 6.42 Å². The van der Waals surface area contributed by atoms with E-state index in [9.17, 15) is 9.90 Å². The maximum Gasteiger partial charge on any atom is 0.340 e. The highest BCUT2D eigenvalue weighted by molar-refractivity contribution is 5.76. The van der Waals surface area contributed by atoms with Gasteiger partial charge in [0, 0.05) is 21.1 Å². The van der Waals surface area contributed by atoms with E-state index in [1.807, 2.05) is 0 Å². The molecule has 0 aromatic carbocycles. The molecule has 1 rings (SSSR count). The molecule has 1 aliphatic rings. The van der Waals surface area contributed by atoms with Crippen LogP contribution in [0.25, 0.3) is 0 Å². The highest BCUT2D eigenvalue weighted by Crippen LogP contribution is 2.38. The Morgan fingerprint density at radius 1 is 0.833 bits per heavy atom. The molecule has 0 unspecified atom stereocenters. The Labute approximate surface area is 184 Å². The van der Waals surface area contributed by atoms with Crippen molar-refractivity contribution < 1.29 is 28.8 Å². The van der Waals surface area contributed by atoms with Crippen molar-refractivity contribution in [2.75, 3.05) is 14.2 Å². The number of hydrogen-bond donors (Lipinski definition) is 1. The normalized spacial score (nSPS) is 27.8. The van der Waals surface area contributed by atoms with E-state index in [1.54, 1.807) is 13.8 Å². The number of unbranched alkanes of at least 4 members (excludes halogenated alkanes) is 12. The fourth-order valence-electron chi connectivity index (χ4n) is 3.96. The Hall–Kier alpha value is -0.690. The summed E-state index contributed by atoms with van der Waals surface area (Å²) < 4.78 is 21.9. The van der Waals surface area contributed by atoms with E-state index >= 15 is 0 Å². The summed E-state index contributed by atoms with van der Waals surface area (Å²) in [6, 6.07) is 0. The lowest BCUT2D eigenvalue weighted by Crippen LogP contribution is -2.65. The van der Waals surface area contributed by atoms with Gasteiger partial charge in [-0.15, -0.1) is 0 Å². The molecule has 0 bridgehead atoms. The number of methoxy groups -OCH3 is 2. The van der Waals surface area contributed by atoms with E-state index in [4.69, 9.17) is 18.9 Å². The van der Waals surface area contributed by atoms with E-state index < -0.39 is 29.8 Å². The molecule has 0 aromatic rings. The number of aliphatic hydroxyl groups is 1. The third-order valence-corrected chi connectivity index (χ3v) is 6.44. The second-order valence-corrected chi connectivity index (χ2v) is 8.86. The van der Waals surface area contributed by atoms with Gasteiger partial charge in [-0.25, -0.2) is 4.79 Å². The zero-order chi connectivity index (χ0) is 22.5. The highest BCUT2D eigenvalue weighted by Gasteiger charge is 2.58. The topological polar surface area (TPSA) is 74.2 Å². The van der Waals surface area contributed by atoms with E-state index in [1.165, 1.54) is 78.4 Å². The number of cyclic esters (lactones) is 1. The smallest absolute Gasteiger partial charge is 0.340 e. The summed E-state index contributed by atoms with van der Waals surface area (Å²) in [6.07, 6.45) is 15.0. The van der Waals surface area contributed by atoms with Gasteiger partial charge in [0.2, 0.25) is 5.79 Å². The van der Waals surface area contributed by atoms with Crippen LogP contribution in [0.1, 0.15) is 111 Å². The number of rotatable bonds is 17. The minimum atomic E-state index is -1.36. The summed E-state index contributed by atoms with van der Waals surface area (Å²) in [6.45, 7) is 5.49. The standard InChI is InChI=1S/C24H46O6/c1-6-7-8-9-10-11-12-13-14-15-16-17-18-19-20(25)21-22(26)30-24(3,28-5)23(2,27-4)29-21/h20-21,25H,6-19H2,1-5H3/t20-,21-,23+,24+/m1/s1. The molecule has 1 N–H and O–H groups in total. The molecule has 1 aliphatic heterocycles. The minimum Gasteiger partial charge on any atom is -0.425 e. The van der Waals surface area contributed by atoms with Crippen LogP contribution in [0.4, 0.5) is 0 Å². The van der Waals surface area contributed by atoms with Gasteiger partial charge in [0.25, 0.3) is 5.79 Å². The van der Waals surface area contributed by atoms with Crippen LogP contribution in [0.3, 0.4) is 0 Å². The number of hydrogen-bond acceptors (Lipinski definition) is 6. The SMILES string of the molecule is CCCCCCCCCCCCCCC[C@@H](O)[C@H]1O[C@](C)(OC)[C@@](C)(OC)OC1=O. The first-order chi connectivity index (χ1) is 14.3. The van der Waals surface area contributed by atoms with Crippen LogP contribution in [0.15, 0.2) is 0 Å². The predicted molar refractivity (Wildman–Crippen MR) is 118 cm³/mol. The Bertz CT molecular complexity index is 471. The molecule has 1 fully saturated rings. The molecule has 1 saturated heterocycles. The van der Waals surface area contributed by atoms with Gasteiger partial charge in [-0.05, 0) is 13.3 Å². The fourth-order valence-corrected chi connectivity index (χ4v) is 3.96. The van der Waals surface area contributed by atoms with Gasteiger partial charge < -0.3 is 24.1 Å². The van der Waals surface area contributed by atoms with E-state index in [-0.39, 0.29) is 0 Å². The lowest BCUT2D eigenvalue weighted by molar-refractivity contribution is -0.410. The molecule has 4 atom stereocenters. The third-order valence-electron chi connectivity index (χ3n) is 6.44. The molecule has 0 radical (unpaired) electrons. The van der Waals surface area contributed by atoms with Crippen LogP contribution < -0.4 is 0 Å². The average Bonchev–Trinajstić information content (AvgIpc) is 2.73. The van der Waals surface area contributed by atoms with Crippen molar-refractivity contribution in [3.8, 4) is 0 Å². The zero-order valence-electron chi connectivity index (χ0n) is 20.0. The summed E-state index contributed by atoms with van der Waals surface area (Å²) in [4.78, 5) is 12.3. The largest absolute Gasteiger partial charge is 0.425 e. The van der Waals surface area contributed by atoms with Crippen molar-refractivity contribution in [3.63, 3.8) is 0 Å². The monoisotopic (exact) mass is 430 g/mol. The lowest BCUT2D eigenvalue weighted by atomic mass is 10.0. The molecular weight excluding hydrogens is 384 g/mol. The maximum atomic E-state index is 12.3. The summed E-state index contributed by atoms with van der Waals surface area (Å²) >= 11 is 0. The van der Waals surface area contributed by atoms with Crippen LogP contribution in [-0.2, 0) is 23.7 Å². The molecule has 0 aliphatic carbocycles. The van der Waals surface area contributed by atoms with E-state index in [0.717, 1.165) is 19.3 Å². The second-order valence-electron chi connectivity index (χ2n) is 8.86. The van der Waals surface area contributed by atoms with Gasteiger partial charge in [0.15, 0.2) is 6.10 Å². The molecule has 0 saturated carbocycles. The quantitative estimate of drug-likeness (QED) is 0.243. The zero-order valence-corrected chi connectivity index (χ0v) is 20.0. The minimum absolute atomic E-state index is 0.501. The van der Waals surface area contributed by atoms with Crippen LogP contribution in [-0.4, -0.2) is 49.1 Å². The molecule has 1 heterocycles. The summed E-state index contributed by atoms with van der Waals surface area (Å²) in [5.74, 6) is -3.25. The number of aliphatic hydroxyl groups excluding tert-OH is 1. The predicted octanol–water partition coefficient (Wildman–Crippen LogP) is 5.50. The molecule has 0 spiro atoms. The number of carbonyl (C=O) groups excluding carboxylic acids is 1. The van der Waals surface area contributed by atoms with Crippen molar-refractivity contribution in [1.82, 2.24) is 0 Å². The Kier molecular flexibility index (Phi) is 13.1. The van der Waals surface area contributed by atoms with Gasteiger partial charge in [-0.1, -0.05) is 90.4 Å². The van der Waals surface area contributed by atoms with Crippen LogP contribution >= 0.6 is 0 Å². The number of ether oxygens (including phenoxy) is 4. The van der Waals surface area contributed by atoms with Crippen LogP contribution in [0, 0.1) is 0 Å². The van der Waals surface area contributed by atoms with Crippen LogP contribution in [0.2, 0.25) is 0 Å². The van der Waals surface area contributed by atoms with E-state index in [2.05, 4.69) is 6.92 Å². The van der Waals surface area contributed by atoms with Crippen molar-refractivity contribution in [2.45, 2.75) is 134 Å². The van der Waals surface area contributed by atoms with Gasteiger partial charge in [0.05, 0.1) is 6.10 Å². The molecule has 0 amide bonds. The molecule has 30 heavy (non-hydrogen) atoms. The average molecular weight is 431 g/mol. The van der Waals surface area contributed by atoms with Crippen molar-refractivity contribution in [1.29, 1.82) is 0 Å². The Morgan fingerprint density at radius 3 is 1.70 bits per heavy atom. The Balaban J connectivity index is 2.14. The Morgan fingerprint density at radius 2 is 1.27 bits per heavy atom. The number of esters is 1. The third kappa shape index (κ3) is 8.45. The fraction of sp³-hybridized carbons (Fsp3) is 0.958. The van der Waals surface area contributed by atoms with Gasteiger partial charge in [0.1, 0.15) is 0 Å². The molecule has 178 valence electrons. The van der Waals surface area contributed by atoms with Crippen molar-refractivity contribution in [2.24, 2.45) is 0 Å². The van der Waals surface area contributed by atoms with Gasteiger partial charge in [-0.2, -0.15) is 0 Å². The van der Waals surface area contributed by atoms with Gasteiger partial charge in [-0.3, -0.25) is 0 Å². The molecule has 6 heteroatoms. The lowest BCUT2D eigenvalue weighted by Gasteiger charge is -2.48. The van der Waals surface area contributed by atoms with Crippen molar-refractivity contribution >= 4 is 5.97 Å². The molecule has 6 nitrogen and oxygen atoms in total. The molecule has 0 aromatic heterocycles. The van der Waals surface area contributed by atoms with Crippen molar-refractivity contribution in [3.05, 3.63) is 0 Å². The summed E-state index contributed by atoms with van der Waals surface area (Å²) in [5.41, 5.74) is 0. The highest BCUT2D eigenvalue weighted by atomic mass is 16.8. The first-order valence-electron chi connectivity index (χ1n) is 12.0. The first-order valence-corrected chi connectivity index (χ1v) is 12.0. The summed E-state index contributed by atoms with van der Waals surface area (Å²) in [7, 11) is 2.89.